The predicted octanol–water partition coefficient (Wildman–Crippen LogP) is 0.215. The molecule has 1 heterocycles. The molecule has 0 aromatic carbocycles. The molecule has 0 saturated carbocycles. The van der Waals surface area contributed by atoms with Crippen molar-refractivity contribution in [3.63, 3.8) is 0 Å². The zero-order chi connectivity index (χ0) is 15.0. The maximum atomic E-state index is 12.2. The van der Waals surface area contributed by atoms with Gasteiger partial charge in [0.05, 0.1) is 19.3 Å². The molecule has 0 radical (unpaired) electrons. The lowest BCUT2D eigenvalue weighted by Gasteiger charge is -2.34. The molecule has 1 fully saturated rings. The number of terminal acetylenes is 1. The van der Waals surface area contributed by atoms with Crippen molar-refractivity contribution in [2.45, 2.75) is 38.3 Å². The van der Waals surface area contributed by atoms with Gasteiger partial charge in [0.15, 0.2) is 0 Å². The standard InChI is InChI=1S/C15H27N3O2/c1-5-15(6-2,7-3)17-14(19)12-18-8-9-20-13(11-18)10-16-4/h1,13,16H,6-12H2,2-4H3,(H,17,19). The van der Waals surface area contributed by atoms with Crippen LogP contribution in [0.3, 0.4) is 0 Å². The second-order valence-corrected chi connectivity index (χ2v) is 5.27. The van der Waals surface area contributed by atoms with Crippen LogP contribution in [-0.2, 0) is 9.53 Å². The molecule has 1 rings (SSSR count). The third kappa shape index (κ3) is 4.78. The van der Waals surface area contributed by atoms with Crippen LogP contribution < -0.4 is 10.6 Å². The van der Waals surface area contributed by atoms with Gasteiger partial charge in [0.2, 0.25) is 5.91 Å². The first-order valence-corrected chi connectivity index (χ1v) is 7.36. The van der Waals surface area contributed by atoms with Crippen molar-refractivity contribution in [2.75, 3.05) is 39.8 Å². The summed E-state index contributed by atoms with van der Waals surface area (Å²) in [7, 11) is 1.90. The van der Waals surface area contributed by atoms with Crippen molar-refractivity contribution in [1.82, 2.24) is 15.5 Å². The lowest BCUT2D eigenvalue weighted by molar-refractivity contribution is -0.125. The molecule has 1 unspecified atom stereocenters. The molecule has 1 amide bonds. The van der Waals surface area contributed by atoms with Gasteiger partial charge in [-0.15, -0.1) is 6.42 Å². The molecule has 1 aliphatic heterocycles. The molecule has 1 aliphatic rings. The molecule has 1 saturated heterocycles. The van der Waals surface area contributed by atoms with Crippen molar-refractivity contribution >= 4 is 5.91 Å². The molecular weight excluding hydrogens is 254 g/mol. The molecule has 1 atom stereocenters. The van der Waals surface area contributed by atoms with E-state index in [9.17, 15) is 4.79 Å². The third-order valence-corrected chi connectivity index (χ3v) is 3.88. The van der Waals surface area contributed by atoms with Gasteiger partial charge in [-0.3, -0.25) is 9.69 Å². The van der Waals surface area contributed by atoms with E-state index < -0.39 is 5.54 Å². The van der Waals surface area contributed by atoms with E-state index in [-0.39, 0.29) is 12.0 Å². The Labute approximate surface area is 122 Å². The van der Waals surface area contributed by atoms with Crippen LogP contribution in [0.25, 0.3) is 0 Å². The first-order chi connectivity index (χ1) is 9.59. The largest absolute Gasteiger partial charge is 0.374 e. The summed E-state index contributed by atoms with van der Waals surface area (Å²) in [6.45, 7) is 7.41. The van der Waals surface area contributed by atoms with E-state index in [1.807, 2.05) is 20.9 Å². The van der Waals surface area contributed by atoms with Crippen LogP contribution in [0.4, 0.5) is 0 Å². The topological polar surface area (TPSA) is 53.6 Å². The number of morpholine rings is 1. The fraction of sp³-hybridized carbons (Fsp3) is 0.800. The van der Waals surface area contributed by atoms with E-state index in [4.69, 9.17) is 11.2 Å². The number of nitrogens with zero attached hydrogens (tertiary/aromatic N) is 1. The number of carbonyl (C=O) groups is 1. The number of likely N-dealkylation sites (N-methyl/N-ethyl adjacent to an activating group) is 1. The van der Waals surface area contributed by atoms with Crippen LogP contribution in [0.15, 0.2) is 0 Å². The van der Waals surface area contributed by atoms with Gasteiger partial charge in [-0.2, -0.15) is 0 Å². The van der Waals surface area contributed by atoms with Crippen molar-refractivity contribution in [3.05, 3.63) is 0 Å². The van der Waals surface area contributed by atoms with Gasteiger partial charge in [0.25, 0.3) is 0 Å². The fourth-order valence-electron chi connectivity index (χ4n) is 2.45. The Morgan fingerprint density at radius 1 is 1.50 bits per heavy atom. The van der Waals surface area contributed by atoms with Gasteiger partial charge >= 0.3 is 0 Å². The van der Waals surface area contributed by atoms with Crippen LogP contribution in [-0.4, -0.2) is 62.3 Å². The average Bonchev–Trinajstić information content (AvgIpc) is 2.46. The summed E-state index contributed by atoms with van der Waals surface area (Å²) in [5.74, 6) is 2.72. The summed E-state index contributed by atoms with van der Waals surface area (Å²) >= 11 is 0. The minimum Gasteiger partial charge on any atom is -0.374 e. The Kier molecular flexibility index (Phi) is 7.00. The first-order valence-electron chi connectivity index (χ1n) is 7.36. The van der Waals surface area contributed by atoms with Gasteiger partial charge in [-0.1, -0.05) is 19.8 Å². The molecule has 5 nitrogen and oxygen atoms in total. The van der Waals surface area contributed by atoms with Crippen LogP contribution in [0.1, 0.15) is 26.7 Å². The fourth-order valence-corrected chi connectivity index (χ4v) is 2.45. The van der Waals surface area contributed by atoms with Gasteiger partial charge in [0, 0.05) is 19.6 Å². The summed E-state index contributed by atoms with van der Waals surface area (Å²) in [6.07, 6.45) is 7.21. The SMILES string of the molecule is C#CC(CC)(CC)NC(=O)CN1CCOC(CNC)C1. The minimum atomic E-state index is -0.506. The zero-order valence-electron chi connectivity index (χ0n) is 12.9. The summed E-state index contributed by atoms with van der Waals surface area (Å²) in [5, 5.41) is 6.10. The summed E-state index contributed by atoms with van der Waals surface area (Å²) in [5.41, 5.74) is -0.506. The monoisotopic (exact) mass is 281 g/mol. The van der Waals surface area contributed by atoms with Crippen molar-refractivity contribution in [3.8, 4) is 12.3 Å². The summed E-state index contributed by atoms with van der Waals surface area (Å²) in [6, 6.07) is 0. The Balaban J connectivity index is 2.47. The lowest BCUT2D eigenvalue weighted by Crippen LogP contribution is -2.53. The number of hydrogen-bond acceptors (Lipinski definition) is 4. The molecule has 0 bridgehead atoms. The van der Waals surface area contributed by atoms with E-state index in [2.05, 4.69) is 21.5 Å². The molecule has 2 N–H and O–H groups in total. The van der Waals surface area contributed by atoms with Gasteiger partial charge in [-0.25, -0.2) is 0 Å². The van der Waals surface area contributed by atoms with E-state index >= 15 is 0 Å². The highest BCUT2D eigenvalue weighted by atomic mass is 16.5. The summed E-state index contributed by atoms with van der Waals surface area (Å²) < 4.78 is 5.63. The summed E-state index contributed by atoms with van der Waals surface area (Å²) in [4.78, 5) is 14.3. The number of ether oxygens (including phenoxy) is 1. The second-order valence-electron chi connectivity index (χ2n) is 5.27. The first kappa shape index (κ1) is 17.0. The molecule has 114 valence electrons. The van der Waals surface area contributed by atoms with Crippen LogP contribution in [0.2, 0.25) is 0 Å². The normalized spacial score (nSPS) is 20.4. The van der Waals surface area contributed by atoms with E-state index in [0.29, 0.717) is 13.2 Å². The molecule has 0 aliphatic carbocycles. The zero-order valence-corrected chi connectivity index (χ0v) is 12.9. The molecule has 20 heavy (non-hydrogen) atoms. The second kappa shape index (κ2) is 8.25. The Hall–Kier alpha value is -1.09. The molecule has 0 aromatic heterocycles. The van der Waals surface area contributed by atoms with Gasteiger partial charge in [0.1, 0.15) is 5.54 Å². The van der Waals surface area contributed by atoms with E-state index in [1.54, 1.807) is 0 Å². The highest BCUT2D eigenvalue weighted by molar-refractivity contribution is 5.79. The predicted molar refractivity (Wildman–Crippen MR) is 80.4 cm³/mol. The highest BCUT2D eigenvalue weighted by Gasteiger charge is 2.27. The van der Waals surface area contributed by atoms with Crippen molar-refractivity contribution < 1.29 is 9.53 Å². The average molecular weight is 281 g/mol. The quantitative estimate of drug-likeness (QED) is 0.655. The number of carbonyl (C=O) groups excluding carboxylic acids is 1. The Morgan fingerprint density at radius 3 is 2.75 bits per heavy atom. The van der Waals surface area contributed by atoms with Gasteiger partial charge < -0.3 is 15.4 Å². The molecule has 0 spiro atoms. The maximum absolute atomic E-state index is 12.2. The van der Waals surface area contributed by atoms with Crippen LogP contribution in [0.5, 0.6) is 0 Å². The Morgan fingerprint density at radius 2 is 2.20 bits per heavy atom. The van der Waals surface area contributed by atoms with Crippen LogP contribution >= 0.6 is 0 Å². The van der Waals surface area contributed by atoms with Crippen molar-refractivity contribution in [2.24, 2.45) is 0 Å². The highest BCUT2D eigenvalue weighted by Crippen LogP contribution is 2.13. The number of amides is 1. The smallest absolute Gasteiger partial charge is 0.235 e. The van der Waals surface area contributed by atoms with Crippen LogP contribution in [0, 0.1) is 12.3 Å². The van der Waals surface area contributed by atoms with Crippen molar-refractivity contribution in [1.29, 1.82) is 0 Å². The van der Waals surface area contributed by atoms with Gasteiger partial charge in [-0.05, 0) is 19.9 Å². The number of rotatable bonds is 7. The Bertz CT molecular complexity index is 346. The van der Waals surface area contributed by atoms with E-state index in [0.717, 1.165) is 32.5 Å². The minimum absolute atomic E-state index is 0.00300. The lowest BCUT2D eigenvalue weighted by atomic mass is 9.94. The molecular formula is C15H27N3O2. The maximum Gasteiger partial charge on any atom is 0.235 e. The third-order valence-electron chi connectivity index (χ3n) is 3.88. The number of nitrogens with one attached hydrogen (secondary N) is 2. The molecule has 0 aromatic rings. The number of hydrogen-bond donors (Lipinski definition) is 2. The molecule has 5 heteroatoms. The van der Waals surface area contributed by atoms with E-state index in [1.165, 1.54) is 0 Å².